The zero-order chi connectivity index (χ0) is 18.4. The minimum Gasteiger partial charge on any atom is -0.505 e. The van der Waals surface area contributed by atoms with Gasteiger partial charge in [-0.3, -0.25) is 4.79 Å². The lowest BCUT2D eigenvalue weighted by atomic mass is 10.1. The molecule has 128 valence electrons. The van der Waals surface area contributed by atoms with Gasteiger partial charge in [-0.2, -0.15) is 5.11 Å². The summed E-state index contributed by atoms with van der Waals surface area (Å²) in [6.45, 7) is 0. The molecule has 0 heterocycles. The van der Waals surface area contributed by atoms with Crippen molar-refractivity contribution in [2.75, 3.05) is 0 Å². The summed E-state index contributed by atoms with van der Waals surface area (Å²) in [7, 11) is 0. The normalized spacial score (nSPS) is 12.0. The maximum Gasteiger partial charge on any atom is 0.217 e. The van der Waals surface area contributed by atoms with E-state index in [-0.39, 0.29) is 17.1 Å². The maximum atomic E-state index is 13.3. The molecule has 0 saturated carbocycles. The molecule has 3 aromatic rings. The van der Waals surface area contributed by atoms with Crippen LogP contribution >= 0.6 is 0 Å². The third kappa shape index (κ3) is 4.08. The minimum absolute atomic E-state index is 0.216. The number of carbonyl (C=O) groups is 1. The van der Waals surface area contributed by atoms with Crippen LogP contribution in [0.3, 0.4) is 0 Å². The molecule has 1 N–H and O–H groups in total. The highest BCUT2D eigenvalue weighted by Crippen LogP contribution is 2.23. The molecule has 0 radical (unpaired) electrons. The monoisotopic (exact) mass is 346 g/mol. The molecule has 3 rings (SSSR count). The number of Topliss-reactive ketones (excluding diaryl/α,β-unsaturated/α-hetero) is 1. The lowest BCUT2D eigenvalue weighted by Gasteiger charge is -2.06. The molecule has 0 fully saturated rings. The molecular weight excluding hydrogens is 331 g/mol. The second-order valence-electron chi connectivity index (χ2n) is 5.44. The number of allylic oxidation sites excluding steroid dienone is 1. The molecule has 0 aliphatic rings. The lowest BCUT2D eigenvalue weighted by molar-refractivity contribution is 0.103. The van der Waals surface area contributed by atoms with Crippen molar-refractivity contribution in [1.82, 2.24) is 0 Å². The topological polar surface area (TPSA) is 62.0 Å². The Kier molecular flexibility index (Phi) is 5.29. The van der Waals surface area contributed by atoms with Crippen LogP contribution < -0.4 is 0 Å². The number of hydrogen-bond acceptors (Lipinski definition) is 4. The lowest BCUT2D eigenvalue weighted by Crippen LogP contribution is -2.04. The van der Waals surface area contributed by atoms with Crippen molar-refractivity contribution in [2.45, 2.75) is 0 Å². The Balaban J connectivity index is 2.06. The first-order valence-corrected chi connectivity index (χ1v) is 7.91. The molecule has 0 amide bonds. The Morgan fingerprint density at radius 3 is 2.04 bits per heavy atom. The van der Waals surface area contributed by atoms with Gasteiger partial charge in [-0.1, -0.05) is 66.7 Å². The number of azo groups is 1. The first kappa shape index (κ1) is 17.2. The van der Waals surface area contributed by atoms with Crippen molar-refractivity contribution in [3.63, 3.8) is 0 Å². The first-order chi connectivity index (χ1) is 12.6. The first-order valence-electron chi connectivity index (χ1n) is 7.91. The van der Waals surface area contributed by atoms with Crippen LogP contribution in [0.4, 0.5) is 10.1 Å². The van der Waals surface area contributed by atoms with Crippen molar-refractivity contribution in [3.8, 4) is 0 Å². The predicted octanol–water partition coefficient (Wildman–Crippen LogP) is 5.72. The number of nitrogens with zero attached hydrogens (tertiary/aromatic N) is 2. The van der Waals surface area contributed by atoms with E-state index in [9.17, 15) is 14.3 Å². The Bertz CT molecular complexity index is 968. The molecule has 3 aromatic carbocycles. The van der Waals surface area contributed by atoms with E-state index in [1.165, 1.54) is 18.2 Å². The maximum absolute atomic E-state index is 13.3. The summed E-state index contributed by atoms with van der Waals surface area (Å²) < 4.78 is 13.3. The van der Waals surface area contributed by atoms with Crippen LogP contribution in [0, 0.1) is 5.82 Å². The van der Waals surface area contributed by atoms with Crippen LogP contribution in [0.5, 0.6) is 0 Å². The number of aliphatic hydroxyl groups is 1. The van der Waals surface area contributed by atoms with E-state index in [0.29, 0.717) is 11.1 Å². The van der Waals surface area contributed by atoms with Gasteiger partial charge in [0.25, 0.3) is 0 Å². The van der Waals surface area contributed by atoms with Gasteiger partial charge in [0.1, 0.15) is 5.82 Å². The van der Waals surface area contributed by atoms with E-state index in [4.69, 9.17) is 0 Å². The number of benzene rings is 3. The van der Waals surface area contributed by atoms with E-state index in [1.54, 1.807) is 66.7 Å². The van der Waals surface area contributed by atoms with Gasteiger partial charge < -0.3 is 5.11 Å². The molecule has 0 spiro atoms. The Morgan fingerprint density at radius 1 is 0.808 bits per heavy atom. The van der Waals surface area contributed by atoms with E-state index in [0.717, 1.165) is 0 Å². The van der Waals surface area contributed by atoms with Crippen LogP contribution in [-0.4, -0.2) is 10.9 Å². The highest BCUT2D eigenvalue weighted by molar-refractivity contribution is 6.12. The molecule has 0 aliphatic carbocycles. The van der Waals surface area contributed by atoms with Crippen molar-refractivity contribution in [1.29, 1.82) is 0 Å². The Hall–Kier alpha value is -3.60. The van der Waals surface area contributed by atoms with Crippen LogP contribution in [0.2, 0.25) is 0 Å². The van der Waals surface area contributed by atoms with E-state index < -0.39 is 11.6 Å². The Labute approximate surface area is 150 Å². The standard InChI is InChI=1S/C21H15FN2O2/c22-17-12-7-13-18(14-17)23-24-19(20(25)15-8-3-1-4-9-15)21(26)16-10-5-2-6-11-16/h1-14,25H/b20-19-,24-23?. The van der Waals surface area contributed by atoms with E-state index >= 15 is 0 Å². The predicted molar refractivity (Wildman–Crippen MR) is 97.7 cm³/mol. The fourth-order valence-electron chi connectivity index (χ4n) is 2.31. The Morgan fingerprint density at radius 2 is 1.42 bits per heavy atom. The van der Waals surface area contributed by atoms with Gasteiger partial charge in [-0.05, 0) is 12.1 Å². The quantitative estimate of drug-likeness (QED) is 0.278. The van der Waals surface area contributed by atoms with Crippen LogP contribution in [0.15, 0.2) is 101 Å². The van der Waals surface area contributed by atoms with Gasteiger partial charge in [0.15, 0.2) is 11.5 Å². The minimum atomic E-state index is -0.480. The second kappa shape index (κ2) is 7.98. The van der Waals surface area contributed by atoms with Gasteiger partial charge in [0.2, 0.25) is 5.78 Å². The molecule has 5 heteroatoms. The molecule has 0 aromatic heterocycles. The summed E-state index contributed by atoms with van der Waals surface area (Å²) >= 11 is 0. The molecular formula is C21H15FN2O2. The van der Waals surface area contributed by atoms with Crippen LogP contribution in [0.25, 0.3) is 5.76 Å². The number of rotatable bonds is 5. The summed E-state index contributed by atoms with van der Waals surface area (Å²) in [5.41, 5.74) is 0.823. The summed E-state index contributed by atoms with van der Waals surface area (Å²) in [6.07, 6.45) is 0. The summed E-state index contributed by atoms with van der Waals surface area (Å²) in [4.78, 5) is 12.8. The highest BCUT2D eigenvalue weighted by Gasteiger charge is 2.18. The molecule has 0 atom stereocenters. The van der Waals surface area contributed by atoms with Gasteiger partial charge in [-0.15, -0.1) is 5.11 Å². The fourth-order valence-corrected chi connectivity index (χ4v) is 2.31. The van der Waals surface area contributed by atoms with Crippen LogP contribution in [-0.2, 0) is 0 Å². The highest BCUT2D eigenvalue weighted by atomic mass is 19.1. The second-order valence-corrected chi connectivity index (χ2v) is 5.44. The van der Waals surface area contributed by atoms with Gasteiger partial charge >= 0.3 is 0 Å². The number of halogens is 1. The molecule has 4 nitrogen and oxygen atoms in total. The molecule has 0 unspecified atom stereocenters. The van der Waals surface area contributed by atoms with Crippen LogP contribution in [0.1, 0.15) is 15.9 Å². The number of carbonyl (C=O) groups excluding carboxylic acids is 1. The summed E-state index contributed by atoms with van der Waals surface area (Å²) in [6, 6.07) is 22.6. The van der Waals surface area contributed by atoms with E-state index in [1.807, 2.05) is 0 Å². The molecule has 0 saturated heterocycles. The zero-order valence-electron chi connectivity index (χ0n) is 13.7. The SMILES string of the molecule is O=C(/C(N=Nc1cccc(F)c1)=C(/O)c1ccccc1)c1ccccc1. The molecule has 0 bridgehead atoms. The van der Waals surface area contributed by atoms with Gasteiger partial charge in [0, 0.05) is 17.2 Å². The third-order valence-electron chi connectivity index (χ3n) is 3.60. The third-order valence-corrected chi connectivity index (χ3v) is 3.60. The summed E-state index contributed by atoms with van der Waals surface area (Å²) in [5, 5.41) is 18.4. The number of ketones is 1. The molecule has 26 heavy (non-hydrogen) atoms. The molecule has 0 aliphatic heterocycles. The van der Waals surface area contributed by atoms with Crippen molar-refractivity contribution in [3.05, 3.63) is 108 Å². The van der Waals surface area contributed by atoms with E-state index in [2.05, 4.69) is 10.2 Å². The van der Waals surface area contributed by atoms with Crippen molar-refractivity contribution >= 4 is 17.2 Å². The largest absolute Gasteiger partial charge is 0.505 e. The van der Waals surface area contributed by atoms with Crippen molar-refractivity contribution < 1.29 is 14.3 Å². The number of aliphatic hydroxyl groups excluding tert-OH is 1. The summed E-state index contributed by atoms with van der Waals surface area (Å²) in [5.74, 6) is -1.24. The number of hydrogen-bond donors (Lipinski definition) is 1. The van der Waals surface area contributed by atoms with Gasteiger partial charge in [-0.25, -0.2) is 4.39 Å². The average Bonchev–Trinajstić information content (AvgIpc) is 2.69. The zero-order valence-corrected chi connectivity index (χ0v) is 13.7. The van der Waals surface area contributed by atoms with Gasteiger partial charge in [0.05, 0.1) is 5.69 Å². The smallest absolute Gasteiger partial charge is 0.217 e. The fraction of sp³-hybridized carbons (Fsp3) is 0. The van der Waals surface area contributed by atoms with Crippen molar-refractivity contribution in [2.24, 2.45) is 10.2 Å². The average molecular weight is 346 g/mol.